The number of fused-ring (bicyclic) bond motifs is 5. The molecule has 0 bridgehead atoms. The van der Waals surface area contributed by atoms with Crippen molar-refractivity contribution in [1.82, 2.24) is 0 Å². The van der Waals surface area contributed by atoms with Crippen LogP contribution in [0, 0.1) is 28.6 Å². The molecule has 0 N–H and O–H groups in total. The molecular formula is C27H46O2Si2. The monoisotopic (exact) mass is 458 g/mol. The van der Waals surface area contributed by atoms with E-state index in [4.69, 9.17) is 8.85 Å². The summed E-state index contributed by atoms with van der Waals surface area (Å²) in [7, 11) is -3.10. The van der Waals surface area contributed by atoms with E-state index in [1.54, 1.807) is 11.1 Å². The molecule has 0 aromatic rings. The Hall–Kier alpha value is -0.746. The van der Waals surface area contributed by atoms with Crippen LogP contribution in [0.15, 0.2) is 34.8 Å². The van der Waals surface area contributed by atoms with Gasteiger partial charge in [0.1, 0.15) is 0 Å². The largest absolute Gasteiger partial charge is 0.548 e. The lowest BCUT2D eigenvalue weighted by Crippen LogP contribution is -2.49. The van der Waals surface area contributed by atoms with Gasteiger partial charge in [0.05, 0.1) is 11.5 Å². The van der Waals surface area contributed by atoms with E-state index >= 15 is 0 Å². The first-order valence-corrected chi connectivity index (χ1v) is 19.5. The van der Waals surface area contributed by atoms with Gasteiger partial charge in [-0.05, 0) is 137 Å². The summed E-state index contributed by atoms with van der Waals surface area (Å²) in [6, 6.07) is 0. The molecule has 0 radical (unpaired) electrons. The van der Waals surface area contributed by atoms with E-state index in [0.29, 0.717) is 10.8 Å². The minimum Gasteiger partial charge on any atom is -0.548 e. The van der Waals surface area contributed by atoms with Crippen LogP contribution in [0.5, 0.6) is 0 Å². The van der Waals surface area contributed by atoms with Crippen molar-refractivity contribution in [2.24, 2.45) is 28.6 Å². The van der Waals surface area contributed by atoms with Crippen LogP contribution in [0.1, 0.15) is 65.7 Å². The van der Waals surface area contributed by atoms with Gasteiger partial charge in [-0.1, -0.05) is 19.4 Å². The standard InChI is InChI=1S/C27H46O2Si2/c1-19(28-30(4,5)6)23-12-13-24-22-11-10-20-18-21(29-31(7,8)9)14-16-26(20,2)25(22)15-17-27(23,24)3/h14,18,22,24-25H,10-13,15-17H2,1-9H3/b23-19+/t22-,24-,25-,26-,27+/m0/s1. The third-order valence-corrected chi connectivity index (χ3v) is 10.6. The Morgan fingerprint density at radius 2 is 1.58 bits per heavy atom. The van der Waals surface area contributed by atoms with E-state index in [1.165, 1.54) is 50.7 Å². The van der Waals surface area contributed by atoms with Gasteiger partial charge in [-0.15, -0.1) is 0 Å². The number of hydrogen-bond acceptors (Lipinski definition) is 2. The van der Waals surface area contributed by atoms with Crippen LogP contribution >= 0.6 is 0 Å². The SMILES string of the molecule is C/C(O[Si](C)(C)C)=C1/CC[C@H]2[C@@H]3CCC4=CC(O[Si](C)(C)C)=CC[C@]4(C)[C@H]3CC[C@]12C. The van der Waals surface area contributed by atoms with Gasteiger partial charge >= 0.3 is 0 Å². The molecule has 4 rings (SSSR count). The summed E-state index contributed by atoms with van der Waals surface area (Å²) in [5.41, 5.74) is 4.05. The maximum Gasteiger partial charge on any atom is 0.242 e. The summed E-state index contributed by atoms with van der Waals surface area (Å²) in [6.45, 7) is 21.2. The van der Waals surface area contributed by atoms with Gasteiger partial charge in [-0.25, -0.2) is 0 Å². The third-order valence-electron chi connectivity index (χ3n) is 8.87. The summed E-state index contributed by atoms with van der Waals surface area (Å²) in [5, 5.41) is 0. The molecule has 4 aliphatic carbocycles. The van der Waals surface area contributed by atoms with E-state index in [-0.39, 0.29) is 0 Å². The molecule has 0 aromatic carbocycles. The smallest absolute Gasteiger partial charge is 0.242 e. The van der Waals surface area contributed by atoms with Crippen LogP contribution in [0.3, 0.4) is 0 Å². The van der Waals surface area contributed by atoms with Gasteiger partial charge in [0.25, 0.3) is 0 Å². The highest BCUT2D eigenvalue weighted by molar-refractivity contribution is 6.70. The van der Waals surface area contributed by atoms with E-state index < -0.39 is 16.6 Å². The van der Waals surface area contributed by atoms with Crippen LogP contribution in [0.25, 0.3) is 0 Å². The van der Waals surface area contributed by atoms with Crippen molar-refractivity contribution in [3.63, 3.8) is 0 Å². The van der Waals surface area contributed by atoms with Crippen molar-refractivity contribution in [2.75, 3.05) is 0 Å². The molecule has 3 fully saturated rings. The molecule has 0 unspecified atom stereocenters. The van der Waals surface area contributed by atoms with E-state index in [9.17, 15) is 0 Å². The van der Waals surface area contributed by atoms with Crippen molar-refractivity contribution in [3.8, 4) is 0 Å². The Balaban J connectivity index is 1.57. The average molecular weight is 459 g/mol. The minimum absolute atomic E-state index is 0.340. The fourth-order valence-electron chi connectivity index (χ4n) is 7.73. The molecule has 0 spiro atoms. The molecular weight excluding hydrogens is 412 g/mol. The summed E-state index contributed by atoms with van der Waals surface area (Å²) >= 11 is 0. The lowest BCUT2D eigenvalue weighted by molar-refractivity contribution is -0.0201. The maximum absolute atomic E-state index is 6.52. The highest BCUT2D eigenvalue weighted by Gasteiger charge is 2.57. The predicted molar refractivity (Wildman–Crippen MR) is 137 cm³/mol. The summed E-state index contributed by atoms with van der Waals surface area (Å²) in [5.74, 6) is 4.97. The highest BCUT2D eigenvalue weighted by atomic mass is 28.4. The lowest BCUT2D eigenvalue weighted by atomic mass is 9.47. The molecule has 0 aliphatic heterocycles. The van der Waals surface area contributed by atoms with Crippen LogP contribution in [-0.4, -0.2) is 16.6 Å². The van der Waals surface area contributed by atoms with E-state index in [2.05, 4.69) is 72.2 Å². The summed E-state index contributed by atoms with van der Waals surface area (Å²) < 4.78 is 12.9. The Labute approximate surface area is 193 Å². The molecule has 174 valence electrons. The first-order valence-electron chi connectivity index (χ1n) is 12.7. The number of rotatable bonds is 4. The molecule has 0 heterocycles. The highest BCUT2D eigenvalue weighted by Crippen LogP contribution is 2.66. The molecule has 0 amide bonds. The molecule has 3 saturated carbocycles. The minimum atomic E-state index is -1.55. The second-order valence-corrected chi connectivity index (χ2v) is 22.1. The molecule has 4 heteroatoms. The van der Waals surface area contributed by atoms with Crippen LogP contribution < -0.4 is 0 Å². The van der Waals surface area contributed by atoms with E-state index in [0.717, 1.165) is 23.5 Å². The predicted octanol–water partition coefficient (Wildman–Crippen LogP) is 8.42. The fourth-order valence-corrected chi connectivity index (χ4v) is 9.62. The second kappa shape index (κ2) is 7.65. The van der Waals surface area contributed by atoms with Gasteiger partial charge in [-0.2, -0.15) is 0 Å². The van der Waals surface area contributed by atoms with Gasteiger partial charge in [0.15, 0.2) is 0 Å². The zero-order valence-corrected chi connectivity index (χ0v) is 23.7. The lowest BCUT2D eigenvalue weighted by Gasteiger charge is -2.57. The Morgan fingerprint density at radius 1 is 0.903 bits per heavy atom. The Kier molecular flexibility index (Phi) is 5.78. The average Bonchev–Trinajstić information content (AvgIpc) is 2.97. The fraction of sp³-hybridized carbons (Fsp3) is 0.778. The first kappa shape index (κ1) is 23.4. The van der Waals surface area contributed by atoms with Crippen molar-refractivity contribution >= 4 is 16.6 Å². The zero-order valence-electron chi connectivity index (χ0n) is 21.7. The number of allylic oxidation sites excluding steroid dienone is 5. The Morgan fingerprint density at radius 3 is 2.23 bits per heavy atom. The third kappa shape index (κ3) is 4.28. The molecule has 5 atom stereocenters. The molecule has 31 heavy (non-hydrogen) atoms. The number of hydrogen-bond donors (Lipinski definition) is 0. The topological polar surface area (TPSA) is 18.5 Å². The molecule has 0 saturated heterocycles. The Bertz CT molecular complexity index is 825. The molecule has 2 nitrogen and oxygen atoms in total. The summed E-state index contributed by atoms with van der Waals surface area (Å²) in [6.07, 6.45) is 14.0. The van der Waals surface area contributed by atoms with Crippen LogP contribution in [0.4, 0.5) is 0 Å². The first-order chi connectivity index (χ1) is 14.2. The van der Waals surface area contributed by atoms with Gasteiger partial charge in [0.2, 0.25) is 16.6 Å². The molecule has 4 aliphatic rings. The van der Waals surface area contributed by atoms with Gasteiger partial charge < -0.3 is 8.85 Å². The van der Waals surface area contributed by atoms with Gasteiger partial charge in [0, 0.05) is 0 Å². The van der Waals surface area contributed by atoms with Gasteiger partial charge in [-0.3, -0.25) is 0 Å². The maximum atomic E-state index is 6.52. The van der Waals surface area contributed by atoms with Crippen molar-refractivity contribution in [3.05, 3.63) is 34.8 Å². The summed E-state index contributed by atoms with van der Waals surface area (Å²) in [4.78, 5) is 0. The van der Waals surface area contributed by atoms with Crippen molar-refractivity contribution < 1.29 is 8.85 Å². The van der Waals surface area contributed by atoms with Crippen molar-refractivity contribution in [1.29, 1.82) is 0 Å². The van der Waals surface area contributed by atoms with Crippen LogP contribution in [-0.2, 0) is 8.85 Å². The molecule has 0 aromatic heterocycles. The van der Waals surface area contributed by atoms with Crippen LogP contribution in [0.2, 0.25) is 39.3 Å². The van der Waals surface area contributed by atoms with E-state index in [1.807, 2.05) is 0 Å². The normalized spacial score (nSPS) is 39.6. The van der Waals surface area contributed by atoms with Crippen molar-refractivity contribution in [2.45, 2.75) is 105 Å². The second-order valence-electron chi connectivity index (χ2n) is 13.3. The quantitative estimate of drug-likeness (QED) is 0.311. The zero-order chi connectivity index (χ0) is 22.8.